The summed E-state index contributed by atoms with van der Waals surface area (Å²) in [7, 11) is 0. The van der Waals surface area contributed by atoms with Crippen LogP contribution in [0.4, 0.5) is 4.39 Å². The molecule has 1 N–H and O–H groups in total. The van der Waals surface area contributed by atoms with Crippen LogP contribution in [0, 0.1) is 5.82 Å². The Morgan fingerprint density at radius 3 is 2.90 bits per heavy atom. The quantitative estimate of drug-likeness (QED) is 0.808. The minimum absolute atomic E-state index is 0.152. The van der Waals surface area contributed by atoms with Gasteiger partial charge in [-0.25, -0.2) is 8.91 Å². The van der Waals surface area contributed by atoms with E-state index in [4.69, 9.17) is 11.6 Å². The Morgan fingerprint density at radius 2 is 2.14 bits per heavy atom. The lowest BCUT2D eigenvalue weighted by molar-refractivity contribution is 0.0945. The van der Waals surface area contributed by atoms with Crippen molar-refractivity contribution in [3.8, 4) is 0 Å². The van der Waals surface area contributed by atoms with E-state index in [1.807, 2.05) is 6.07 Å². The van der Waals surface area contributed by atoms with E-state index in [0.29, 0.717) is 16.1 Å². The van der Waals surface area contributed by atoms with Crippen molar-refractivity contribution in [2.75, 3.05) is 0 Å². The Morgan fingerprint density at radius 1 is 1.29 bits per heavy atom. The second kappa shape index (κ2) is 5.54. The van der Waals surface area contributed by atoms with Gasteiger partial charge < -0.3 is 5.32 Å². The summed E-state index contributed by atoms with van der Waals surface area (Å²) >= 11 is 6.15. The molecule has 21 heavy (non-hydrogen) atoms. The molecule has 3 rings (SSSR count). The lowest BCUT2D eigenvalue weighted by Crippen LogP contribution is -2.23. The van der Waals surface area contributed by atoms with E-state index in [0.717, 1.165) is 0 Å². The molecule has 0 saturated heterocycles. The summed E-state index contributed by atoms with van der Waals surface area (Å²) in [6.45, 7) is 0.209. The molecule has 6 heteroatoms. The van der Waals surface area contributed by atoms with Crippen LogP contribution >= 0.6 is 11.6 Å². The number of hydrogen-bond acceptors (Lipinski definition) is 2. The van der Waals surface area contributed by atoms with Crippen LogP contribution in [0.2, 0.25) is 5.02 Å². The summed E-state index contributed by atoms with van der Waals surface area (Å²) in [6.07, 6.45) is 1.71. The highest BCUT2D eigenvalue weighted by atomic mass is 35.5. The number of carbonyl (C=O) groups is 1. The fourth-order valence-corrected chi connectivity index (χ4v) is 2.30. The van der Waals surface area contributed by atoms with Crippen molar-refractivity contribution >= 4 is 23.0 Å². The summed E-state index contributed by atoms with van der Waals surface area (Å²) in [5.41, 5.74) is 1.48. The minimum Gasteiger partial charge on any atom is -0.347 e. The van der Waals surface area contributed by atoms with E-state index >= 15 is 0 Å². The number of carbonyl (C=O) groups excluding carboxylic acids is 1. The molecule has 0 radical (unpaired) electrons. The first-order chi connectivity index (χ1) is 10.1. The van der Waals surface area contributed by atoms with Crippen molar-refractivity contribution < 1.29 is 9.18 Å². The van der Waals surface area contributed by atoms with Gasteiger partial charge in [-0.1, -0.05) is 29.8 Å². The van der Waals surface area contributed by atoms with Gasteiger partial charge in [-0.05, 0) is 29.8 Å². The molecule has 3 aromatic rings. The second-order valence-electron chi connectivity index (χ2n) is 4.51. The molecule has 4 nitrogen and oxygen atoms in total. The molecule has 0 bridgehead atoms. The van der Waals surface area contributed by atoms with Gasteiger partial charge in [-0.15, -0.1) is 0 Å². The highest BCUT2D eigenvalue weighted by Crippen LogP contribution is 2.21. The summed E-state index contributed by atoms with van der Waals surface area (Å²) in [4.78, 5) is 12.1. The number of nitrogens with zero attached hydrogens (tertiary/aromatic N) is 2. The second-order valence-corrected chi connectivity index (χ2v) is 4.88. The average Bonchev–Trinajstić information content (AvgIpc) is 2.83. The van der Waals surface area contributed by atoms with Crippen LogP contribution in [-0.2, 0) is 6.54 Å². The lowest BCUT2D eigenvalue weighted by Gasteiger charge is -2.03. The number of amides is 1. The topological polar surface area (TPSA) is 46.4 Å². The van der Waals surface area contributed by atoms with Crippen LogP contribution in [0.25, 0.3) is 5.52 Å². The van der Waals surface area contributed by atoms with Gasteiger partial charge in [0, 0.05) is 12.7 Å². The number of hydrogen-bond donors (Lipinski definition) is 1. The number of nitrogens with one attached hydrogen (secondary N) is 1. The van der Waals surface area contributed by atoms with Crippen molar-refractivity contribution in [3.05, 3.63) is 70.8 Å². The van der Waals surface area contributed by atoms with Crippen molar-refractivity contribution in [1.82, 2.24) is 14.9 Å². The maximum Gasteiger partial charge on any atom is 0.273 e. The van der Waals surface area contributed by atoms with Crippen molar-refractivity contribution in [2.45, 2.75) is 6.54 Å². The van der Waals surface area contributed by atoms with Gasteiger partial charge in [0.25, 0.3) is 5.91 Å². The van der Waals surface area contributed by atoms with Crippen LogP contribution in [0.15, 0.2) is 48.7 Å². The van der Waals surface area contributed by atoms with Gasteiger partial charge in [0.2, 0.25) is 0 Å². The Bertz CT molecular complexity index is 816. The number of fused-ring (bicyclic) bond motifs is 1. The molecule has 2 aromatic heterocycles. The molecule has 0 atom stereocenters. The summed E-state index contributed by atoms with van der Waals surface area (Å²) in [5, 5.41) is 7.12. The molecule has 1 aromatic carbocycles. The molecule has 2 heterocycles. The Labute approximate surface area is 125 Å². The Kier molecular flexibility index (Phi) is 3.58. The number of rotatable bonds is 3. The van der Waals surface area contributed by atoms with Crippen LogP contribution in [-0.4, -0.2) is 15.5 Å². The van der Waals surface area contributed by atoms with Crippen molar-refractivity contribution in [2.24, 2.45) is 0 Å². The SMILES string of the molecule is O=C(NCc1cccc(F)c1)c1nn2ccccc2c1Cl. The first kappa shape index (κ1) is 13.6. The van der Waals surface area contributed by atoms with E-state index in [1.54, 1.807) is 35.0 Å². The van der Waals surface area contributed by atoms with Crippen LogP contribution < -0.4 is 5.32 Å². The number of halogens is 2. The predicted octanol–water partition coefficient (Wildman–Crippen LogP) is 3.06. The third-order valence-electron chi connectivity index (χ3n) is 3.04. The first-order valence-electron chi connectivity index (χ1n) is 6.30. The van der Waals surface area contributed by atoms with Gasteiger partial charge >= 0.3 is 0 Å². The van der Waals surface area contributed by atoms with E-state index < -0.39 is 5.91 Å². The maximum atomic E-state index is 13.1. The van der Waals surface area contributed by atoms with Gasteiger partial charge in [-0.2, -0.15) is 5.10 Å². The largest absolute Gasteiger partial charge is 0.347 e. The van der Waals surface area contributed by atoms with Gasteiger partial charge in [0.05, 0.1) is 10.5 Å². The summed E-state index contributed by atoms with van der Waals surface area (Å²) < 4.78 is 14.6. The van der Waals surface area contributed by atoms with Gasteiger partial charge in [-0.3, -0.25) is 4.79 Å². The monoisotopic (exact) mass is 303 g/mol. The molecular weight excluding hydrogens is 293 g/mol. The molecule has 0 fully saturated rings. The van der Waals surface area contributed by atoms with E-state index in [2.05, 4.69) is 10.4 Å². The minimum atomic E-state index is -0.395. The Balaban J connectivity index is 1.79. The van der Waals surface area contributed by atoms with Crippen molar-refractivity contribution in [1.29, 1.82) is 0 Å². The van der Waals surface area contributed by atoms with E-state index in [9.17, 15) is 9.18 Å². The van der Waals surface area contributed by atoms with E-state index in [-0.39, 0.29) is 18.1 Å². The third kappa shape index (κ3) is 2.73. The molecule has 0 saturated carbocycles. The zero-order chi connectivity index (χ0) is 14.8. The van der Waals surface area contributed by atoms with Crippen LogP contribution in [0.5, 0.6) is 0 Å². The molecule has 0 aliphatic rings. The van der Waals surface area contributed by atoms with Crippen molar-refractivity contribution in [3.63, 3.8) is 0 Å². The maximum absolute atomic E-state index is 13.1. The fourth-order valence-electron chi connectivity index (χ4n) is 2.03. The molecule has 0 spiro atoms. The summed E-state index contributed by atoms with van der Waals surface area (Å²) in [5.74, 6) is -0.736. The predicted molar refractivity (Wildman–Crippen MR) is 77.8 cm³/mol. The molecule has 106 valence electrons. The Hall–Kier alpha value is -2.40. The molecule has 0 aliphatic carbocycles. The van der Waals surface area contributed by atoms with Crippen LogP contribution in [0.1, 0.15) is 16.1 Å². The standard InChI is InChI=1S/C15H11ClFN3O/c16-13-12-6-1-2-7-20(12)19-14(13)15(21)18-9-10-4-3-5-11(17)8-10/h1-8H,9H2,(H,18,21). The fraction of sp³-hybridized carbons (Fsp3) is 0.0667. The molecule has 0 unspecified atom stereocenters. The number of benzene rings is 1. The highest BCUT2D eigenvalue weighted by Gasteiger charge is 2.17. The first-order valence-corrected chi connectivity index (χ1v) is 6.68. The number of aromatic nitrogens is 2. The molecule has 0 aliphatic heterocycles. The van der Waals surface area contributed by atoms with E-state index in [1.165, 1.54) is 12.1 Å². The zero-order valence-electron chi connectivity index (χ0n) is 10.9. The average molecular weight is 304 g/mol. The van der Waals surface area contributed by atoms with Crippen LogP contribution in [0.3, 0.4) is 0 Å². The number of pyridine rings is 1. The highest BCUT2D eigenvalue weighted by molar-refractivity contribution is 6.36. The molecular formula is C15H11ClFN3O. The zero-order valence-corrected chi connectivity index (χ0v) is 11.6. The molecule has 1 amide bonds. The lowest BCUT2D eigenvalue weighted by atomic mass is 10.2. The van der Waals surface area contributed by atoms with Gasteiger partial charge in [0.1, 0.15) is 5.82 Å². The van der Waals surface area contributed by atoms with Gasteiger partial charge in [0.15, 0.2) is 5.69 Å². The third-order valence-corrected chi connectivity index (χ3v) is 3.41. The summed E-state index contributed by atoms with van der Waals surface area (Å²) in [6, 6.07) is 11.4. The normalized spacial score (nSPS) is 10.8. The smallest absolute Gasteiger partial charge is 0.273 e.